The maximum Gasteiger partial charge on any atom is 0.155 e. The Morgan fingerprint density at radius 3 is 2.88 bits per heavy atom. The van der Waals surface area contributed by atoms with Crippen molar-refractivity contribution < 1.29 is 0 Å². The average Bonchev–Trinajstić information content (AvgIpc) is 2.77. The van der Waals surface area contributed by atoms with E-state index in [9.17, 15) is 0 Å². The Balaban J connectivity index is 2.38. The van der Waals surface area contributed by atoms with E-state index < -0.39 is 0 Å². The second-order valence-corrected chi connectivity index (χ2v) is 3.77. The summed E-state index contributed by atoms with van der Waals surface area (Å²) in [6, 6.07) is 7.59. The number of pyridine rings is 2. The number of rotatable bonds is 0. The number of aromatic nitrogens is 5. The first-order valence-corrected chi connectivity index (χ1v) is 5.27. The van der Waals surface area contributed by atoms with Crippen molar-refractivity contribution in [2.24, 2.45) is 0 Å². The van der Waals surface area contributed by atoms with Gasteiger partial charge >= 0.3 is 0 Å². The van der Waals surface area contributed by atoms with Crippen LogP contribution in [0.2, 0.25) is 0 Å². The molecule has 0 aromatic carbocycles. The molecule has 5 heteroatoms. The highest BCUT2D eigenvalue weighted by molar-refractivity contribution is 6.00. The molecule has 0 saturated carbocycles. The van der Waals surface area contributed by atoms with Crippen molar-refractivity contribution >= 4 is 27.7 Å². The lowest BCUT2D eigenvalue weighted by Gasteiger charge is -1.97. The lowest BCUT2D eigenvalue weighted by Crippen LogP contribution is -1.91. The van der Waals surface area contributed by atoms with E-state index >= 15 is 0 Å². The van der Waals surface area contributed by atoms with Crippen molar-refractivity contribution in [3.63, 3.8) is 0 Å². The Kier molecular flexibility index (Phi) is 1.50. The van der Waals surface area contributed by atoms with Crippen LogP contribution in [-0.4, -0.2) is 24.6 Å². The molecule has 0 aliphatic carbocycles. The highest BCUT2D eigenvalue weighted by Gasteiger charge is 2.09. The van der Waals surface area contributed by atoms with Crippen LogP contribution >= 0.6 is 0 Å². The molecule has 0 radical (unpaired) electrons. The highest BCUT2D eigenvalue weighted by Crippen LogP contribution is 2.21. The molecule has 0 fully saturated rings. The van der Waals surface area contributed by atoms with E-state index in [0.29, 0.717) is 0 Å². The summed E-state index contributed by atoms with van der Waals surface area (Å²) in [5.74, 6) is 0. The minimum absolute atomic E-state index is 0.808. The van der Waals surface area contributed by atoms with Crippen LogP contribution in [0.25, 0.3) is 27.7 Å². The Morgan fingerprint density at radius 1 is 0.941 bits per heavy atom. The molecule has 80 valence electrons. The average molecular weight is 221 g/mol. The van der Waals surface area contributed by atoms with Crippen LogP contribution in [0.5, 0.6) is 0 Å². The van der Waals surface area contributed by atoms with Gasteiger partial charge < -0.3 is 0 Å². The predicted octanol–water partition coefficient (Wildman–Crippen LogP) is 1.83. The normalized spacial score (nSPS) is 11.5. The van der Waals surface area contributed by atoms with Gasteiger partial charge in [0.1, 0.15) is 16.6 Å². The summed E-state index contributed by atoms with van der Waals surface area (Å²) in [7, 11) is 0. The number of nitrogens with zero attached hydrogens (tertiary/aromatic N) is 5. The number of hydrogen-bond acceptors (Lipinski definition) is 4. The Bertz CT molecular complexity index is 843. The van der Waals surface area contributed by atoms with Gasteiger partial charge in [-0.2, -0.15) is 5.10 Å². The van der Waals surface area contributed by atoms with Gasteiger partial charge in [-0.05, 0) is 24.3 Å². The topological polar surface area (TPSA) is 56.0 Å². The number of fused-ring (bicyclic) bond motifs is 5. The van der Waals surface area contributed by atoms with Crippen molar-refractivity contribution in [1.82, 2.24) is 24.6 Å². The van der Waals surface area contributed by atoms with Crippen LogP contribution in [0.4, 0.5) is 0 Å². The van der Waals surface area contributed by atoms with Gasteiger partial charge in [0.25, 0.3) is 0 Å². The van der Waals surface area contributed by atoms with Crippen LogP contribution in [0.15, 0.2) is 42.9 Å². The van der Waals surface area contributed by atoms with Gasteiger partial charge in [-0.1, -0.05) is 0 Å². The zero-order chi connectivity index (χ0) is 11.2. The summed E-state index contributed by atoms with van der Waals surface area (Å²) in [4.78, 5) is 13.2. The maximum atomic E-state index is 4.46. The highest BCUT2D eigenvalue weighted by atomic mass is 15.3. The smallest absolute Gasteiger partial charge is 0.155 e. The van der Waals surface area contributed by atoms with Crippen molar-refractivity contribution in [2.45, 2.75) is 0 Å². The van der Waals surface area contributed by atoms with Gasteiger partial charge in [-0.3, -0.25) is 9.97 Å². The molecule has 4 aromatic heterocycles. The fourth-order valence-corrected chi connectivity index (χ4v) is 2.03. The van der Waals surface area contributed by atoms with Gasteiger partial charge in [0.05, 0.1) is 11.7 Å². The van der Waals surface area contributed by atoms with E-state index in [4.69, 9.17) is 0 Å². The minimum atomic E-state index is 0.808. The van der Waals surface area contributed by atoms with Crippen LogP contribution in [-0.2, 0) is 0 Å². The summed E-state index contributed by atoms with van der Waals surface area (Å²) >= 11 is 0. The lowest BCUT2D eigenvalue weighted by atomic mass is 10.3. The first kappa shape index (κ1) is 8.58. The summed E-state index contributed by atoms with van der Waals surface area (Å²) in [6.07, 6.45) is 5.25. The van der Waals surface area contributed by atoms with Gasteiger partial charge in [0.15, 0.2) is 5.65 Å². The zero-order valence-electron chi connectivity index (χ0n) is 8.78. The molecular weight excluding hydrogens is 214 g/mol. The van der Waals surface area contributed by atoms with E-state index in [1.807, 2.05) is 24.3 Å². The van der Waals surface area contributed by atoms with E-state index in [1.54, 1.807) is 23.1 Å². The van der Waals surface area contributed by atoms with E-state index in [1.165, 1.54) is 0 Å². The van der Waals surface area contributed by atoms with E-state index in [2.05, 4.69) is 20.1 Å². The van der Waals surface area contributed by atoms with Gasteiger partial charge in [0, 0.05) is 12.4 Å². The standard InChI is InChI=1S/C12H7N5/c1-3-8-11(13-5-1)12-9(7-14-8)16-10-4-2-6-15-17(10)12/h1-7H. The first-order chi connectivity index (χ1) is 8.43. The molecular formula is C12H7N5. The van der Waals surface area contributed by atoms with Gasteiger partial charge in [-0.15, -0.1) is 0 Å². The quantitative estimate of drug-likeness (QED) is 0.454. The predicted molar refractivity (Wildman–Crippen MR) is 63.6 cm³/mol. The van der Waals surface area contributed by atoms with E-state index in [-0.39, 0.29) is 0 Å². The molecule has 0 saturated heterocycles. The summed E-state index contributed by atoms with van der Waals surface area (Å²) in [5, 5.41) is 4.31. The maximum absolute atomic E-state index is 4.46. The molecule has 0 bridgehead atoms. The molecule has 0 unspecified atom stereocenters. The zero-order valence-corrected chi connectivity index (χ0v) is 8.78. The molecule has 5 nitrogen and oxygen atoms in total. The van der Waals surface area contributed by atoms with Crippen molar-refractivity contribution in [2.75, 3.05) is 0 Å². The fourth-order valence-electron chi connectivity index (χ4n) is 2.03. The van der Waals surface area contributed by atoms with Crippen molar-refractivity contribution in [3.8, 4) is 0 Å². The molecule has 4 heterocycles. The lowest BCUT2D eigenvalue weighted by molar-refractivity contribution is 0.967. The summed E-state index contributed by atoms with van der Waals surface area (Å²) in [5.41, 5.74) is 4.22. The molecule has 0 spiro atoms. The minimum Gasteiger partial charge on any atom is -0.252 e. The molecule has 0 amide bonds. The third kappa shape index (κ3) is 1.08. The molecule has 4 rings (SSSR count). The monoisotopic (exact) mass is 221 g/mol. The van der Waals surface area contributed by atoms with Gasteiger partial charge in [0.2, 0.25) is 0 Å². The Hall–Kier alpha value is -2.56. The molecule has 4 aromatic rings. The van der Waals surface area contributed by atoms with Gasteiger partial charge in [-0.25, -0.2) is 9.50 Å². The van der Waals surface area contributed by atoms with Crippen molar-refractivity contribution in [1.29, 1.82) is 0 Å². The first-order valence-electron chi connectivity index (χ1n) is 5.27. The molecule has 17 heavy (non-hydrogen) atoms. The second-order valence-electron chi connectivity index (χ2n) is 3.77. The fraction of sp³-hybridized carbons (Fsp3) is 0. The van der Waals surface area contributed by atoms with Crippen LogP contribution in [0, 0.1) is 0 Å². The second kappa shape index (κ2) is 2.98. The molecule has 0 atom stereocenters. The van der Waals surface area contributed by atoms with Crippen LogP contribution in [0.3, 0.4) is 0 Å². The SMILES string of the molecule is c1cnc2c(c1)ncc1nc3cccnn3c12. The molecule has 0 aliphatic heterocycles. The van der Waals surface area contributed by atoms with Crippen molar-refractivity contribution in [3.05, 3.63) is 42.9 Å². The van der Waals surface area contributed by atoms with Crippen LogP contribution < -0.4 is 0 Å². The summed E-state index contributed by atoms with van der Waals surface area (Å²) in [6.45, 7) is 0. The molecule has 0 N–H and O–H groups in total. The van der Waals surface area contributed by atoms with E-state index in [0.717, 1.165) is 27.7 Å². The Morgan fingerprint density at radius 2 is 1.88 bits per heavy atom. The largest absolute Gasteiger partial charge is 0.252 e. The number of imidazole rings is 1. The third-order valence-electron chi connectivity index (χ3n) is 2.76. The van der Waals surface area contributed by atoms with Crippen LogP contribution in [0.1, 0.15) is 0 Å². The molecule has 0 aliphatic rings. The third-order valence-corrected chi connectivity index (χ3v) is 2.76. The summed E-state index contributed by atoms with van der Waals surface area (Å²) < 4.78 is 1.80. The Labute approximate surface area is 95.8 Å². The number of hydrogen-bond donors (Lipinski definition) is 0.